The van der Waals surface area contributed by atoms with Crippen LogP contribution in [0.3, 0.4) is 0 Å². The molecule has 0 saturated carbocycles. The standard InChI is InChI=1S/C6H15NO6S/c8-5(4-13-14(11)12)1-2-7-3-6(9)10/h5-10H,1-4H2,(H,11,12). The van der Waals surface area contributed by atoms with Crippen molar-refractivity contribution in [3.05, 3.63) is 0 Å². The Balaban J connectivity index is 3.26. The minimum Gasteiger partial charge on any atom is -0.391 e. The molecule has 0 aromatic carbocycles. The normalized spacial score (nSPS) is 15.8. The van der Waals surface area contributed by atoms with Crippen molar-refractivity contribution < 1.29 is 28.3 Å². The lowest BCUT2D eigenvalue weighted by Gasteiger charge is -2.10. The van der Waals surface area contributed by atoms with Crippen LogP contribution in [-0.4, -0.2) is 56.2 Å². The molecular weight excluding hydrogens is 214 g/mol. The average molecular weight is 229 g/mol. The Hall–Kier alpha value is -0.0900. The Morgan fingerprint density at radius 2 is 2.00 bits per heavy atom. The van der Waals surface area contributed by atoms with Crippen LogP contribution in [0, 0.1) is 0 Å². The van der Waals surface area contributed by atoms with Crippen LogP contribution in [0.15, 0.2) is 0 Å². The van der Waals surface area contributed by atoms with E-state index in [2.05, 4.69) is 9.50 Å². The molecule has 0 bridgehead atoms. The largest absolute Gasteiger partial charge is 0.391 e. The molecule has 2 unspecified atom stereocenters. The van der Waals surface area contributed by atoms with E-state index >= 15 is 0 Å². The van der Waals surface area contributed by atoms with E-state index in [0.29, 0.717) is 13.0 Å². The summed E-state index contributed by atoms with van der Waals surface area (Å²) in [7, 11) is 0. The Morgan fingerprint density at radius 1 is 1.36 bits per heavy atom. The van der Waals surface area contributed by atoms with Gasteiger partial charge in [0.05, 0.1) is 12.7 Å². The van der Waals surface area contributed by atoms with Gasteiger partial charge in [-0.15, -0.1) is 0 Å². The van der Waals surface area contributed by atoms with Crippen LogP contribution in [-0.2, 0) is 15.5 Å². The third kappa shape index (κ3) is 9.99. The van der Waals surface area contributed by atoms with Crippen molar-refractivity contribution in [2.24, 2.45) is 0 Å². The highest BCUT2D eigenvalue weighted by atomic mass is 32.2. The van der Waals surface area contributed by atoms with Gasteiger partial charge in [0.25, 0.3) is 0 Å². The topological polar surface area (TPSA) is 119 Å². The average Bonchev–Trinajstić information content (AvgIpc) is 2.08. The Bertz CT molecular complexity index is 166. The first-order valence-corrected chi connectivity index (χ1v) is 5.04. The predicted octanol–water partition coefficient (Wildman–Crippen LogP) is -2.21. The second-order valence-electron chi connectivity index (χ2n) is 2.63. The van der Waals surface area contributed by atoms with Gasteiger partial charge in [-0.1, -0.05) is 0 Å². The summed E-state index contributed by atoms with van der Waals surface area (Å²) < 4.78 is 22.5. The molecule has 0 aromatic heterocycles. The Morgan fingerprint density at radius 3 is 2.50 bits per heavy atom. The first kappa shape index (κ1) is 13.9. The van der Waals surface area contributed by atoms with Gasteiger partial charge < -0.3 is 20.6 Å². The molecule has 2 atom stereocenters. The van der Waals surface area contributed by atoms with E-state index < -0.39 is 23.8 Å². The molecule has 0 radical (unpaired) electrons. The van der Waals surface area contributed by atoms with E-state index in [4.69, 9.17) is 19.9 Å². The van der Waals surface area contributed by atoms with Gasteiger partial charge >= 0.3 is 11.4 Å². The molecule has 5 N–H and O–H groups in total. The van der Waals surface area contributed by atoms with Gasteiger partial charge in [0, 0.05) is 6.54 Å². The summed E-state index contributed by atoms with van der Waals surface area (Å²) in [5, 5.41) is 28.6. The lowest BCUT2D eigenvalue weighted by atomic mass is 10.3. The summed E-state index contributed by atoms with van der Waals surface area (Å²) in [5.74, 6) is 0. The minimum absolute atomic E-state index is 0.0134. The maximum Gasteiger partial charge on any atom is 0.301 e. The molecule has 0 fully saturated rings. The molecule has 0 spiro atoms. The molecule has 0 amide bonds. The van der Waals surface area contributed by atoms with E-state index in [-0.39, 0.29) is 13.2 Å². The predicted molar refractivity (Wildman–Crippen MR) is 48.4 cm³/mol. The smallest absolute Gasteiger partial charge is 0.301 e. The van der Waals surface area contributed by atoms with Crippen molar-refractivity contribution in [2.75, 3.05) is 19.7 Å². The monoisotopic (exact) mass is 229 g/mol. The highest BCUT2D eigenvalue weighted by molar-refractivity contribution is 7.74. The van der Waals surface area contributed by atoms with Crippen molar-refractivity contribution in [3.8, 4) is 0 Å². The third-order valence-electron chi connectivity index (χ3n) is 1.34. The van der Waals surface area contributed by atoms with Gasteiger partial charge in [-0.05, 0) is 13.0 Å². The SMILES string of the molecule is O=S(O)OCC(O)CCNCC(O)O. The summed E-state index contributed by atoms with van der Waals surface area (Å²) in [6, 6.07) is 0. The molecular formula is C6H15NO6S. The summed E-state index contributed by atoms with van der Waals surface area (Å²) in [6.07, 6.45) is -1.98. The van der Waals surface area contributed by atoms with Crippen LogP contribution in [0.4, 0.5) is 0 Å². The zero-order chi connectivity index (χ0) is 11.0. The number of nitrogens with one attached hydrogen (secondary N) is 1. The molecule has 0 rings (SSSR count). The number of hydrogen-bond donors (Lipinski definition) is 5. The van der Waals surface area contributed by atoms with Crippen molar-refractivity contribution in [3.63, 3.8) is 0 Å². The molecule has 0 heterocycles. The zero-order valence-corrected chi connectivity index (χ0v) is 8.31. The fourth-order valence-corrected chi connectivity index (χ4v) is 0.993. The van der Waals surface area contributed by atoms with Crippen LogP contribution in [0.5, 0.6) is 0 Å². The molecule has 14 heavy (non-hydrogen) atoms. The van der Waals surface area contributed by atoms with E-state index in [1.54, 1.807) is 0 Å². The molecule has 8 heteroatoms. The van der Waals surface area contributed by atoms with Crippen molar-refractivity contribution >= 4 is 11.4 Å². The number of rotatable bonds is 8. The van der Waals surface area contributed by atoms with Crippen LogP contribution in [0.2, 0.25) is 0 Å². The quantitative estimate of drug-likeness (QED) is 0.182. The highest BCUT2D eigenvalue weighted by Gasteiger charge is 2.06. The molecule has 7 nitrogen and oxygen atoms in total. The highest BCUT2D eigenvalue weighted by Crippen LogP contribution is 1.92. The zero-order valence-electron chi connectivity index (χ0n) is 7.50. The van der Waals surface area contributed by atoms with Crippen LogP contribution >= 0.6 is 0 Å². The second-order valence-corrected chi connectivity index (χ2v) is 3.30. The molecule has 86 valence electrons. The fraction of sp³-hybridized carbons (Fsp3) is 1.00. The first-order valence-electron chi connectivity index (χ1n) is 4.01. The van der Waals surface area contributed by atoms with E-state index in [9.17, 15) is 4.21 Å². The lowest BCUT2D eigenvalue weighted by molar-refractivity contribution is -0.0375. The summed E-state index contributed by atoms with van der Waals surface area (Å²) >= 11 is -2.36. The molecule has 0 aliphatic carbocycles. The Labute approximate surface area is 84.2 Å². The summed E-state index contributed by atoms with van der Waals surface area (Å²) in [5.41, 5.74) is 0. The van der Waals surface area contributed by atoms with Gasteiger partial charge in [0.1, 0.15) is 0 Å². The molecule has 0 aromatic rings. The van der Waals surface area contributed by atoms with Gasteiger partial charge in [0.15, 0.2) is 6.29 Å². The van der Waals surface area contributed by atoms with E-state index in [0.717, 1.165) is 0 Å². The van der Waals surface area contributed by atoms with Crippen molar-refractivity contribution in [2.45, 2.75) is 18.8 Å². The number of hydrogen-bond acceptors (Lipinski definition) is 6. The lowest BCUT2D eigenvalue weighted by Crippen LogP contribution is -2.30. The van der Waals surface area contributed by atoms with Crippen LogP contribution < -0.4 is 5.32 Å². The number of aliphatic hydroxyl groups excluding tert-OH is 2. The van der Waals surface area contributed by atoms with Crippen LogP contribution in [0.25, 0.3) is 0 Å². The summed E-state index contributed by atoms with van der Waals surface area (Å²) in [4.78, 5) is 0. The molecule has 0 aliphatic rings. The first-order chi connectivity index (χ1) is 6.52. The van der Waals surface area contributed by atoms with E-state index in [1.165, 1.54) is 0 Å². The Kier molecular flexibility index (Phi) is 8.18. The summed E-state index contributed by atoms with van der Waals surface area (Å²) in [6.45, 7) is 0.145. The van der Waals surface area contributed by atoms with Crippen molar-refractivity contribution in [1.29, 1.82) is 0 Å². The van der Waals surface area contributed by atoms with Gasteiger partial charge in [-0.3, -0.25) is 8.74 Å². The molecule has 0 aliphatic heterocycles. The second kappa shape index (κ2) is 8.24. The van der Waals surface area contributed by atoms with Gasteiger partial charge in [-0.2, -0.15) is 4.21 Å². The fourth-order valence-electron chi connectivity index (χ4n) is 0.720. The van der Waals surface area contributed by atoms with E-state index in [1.807, 2.05) is 0 Å². The van der Waals surface area contributed by atoms with Crippen LogP contribution in [0.1, 0.15) is 6.42 Å². The third-order valence-corrected chi connectivity index (χ3v) is 1.68. The number of aliphatic hydroxyl groups is 3. The maximum absolute atomic E-state index is 10.0. The van der Waals surface area contributed by atoms with Gasteiger partial charge in [0.2, 0.25) is 0 Å². The molecule has 0 saturated heterocycles. The maximum atomic E-state index is 10.0. The minimum atomic E-state index is -2.36. The van der Waals surface area contributed by atoms with Crippen molar-refractivity contribution in [1.82, 2.24) is 5.32 Å². The van der Waals surface area contributed by atoms with Gasteiger partial charge in [-0.25, -0.2) is 0 Å².